The Bertz CT molecular complexity index is 925. The molecule has 2 N–H and O–H groups in total. The Labute approximate surface area is 195 Å². The first-order chi connectivity index (χ1) is 14.2. The molecular formula is C22H29IN6O. The van der Waals surface area contributed by atoms with Crippen LogP contribution in [0, 0.1) is 6.92 Å². The number of guanidine groups is 1. The van der Waals surface area contributed by atoms with Crippen molar-refractivity contribution in [2.24, 2.45) is 4.99 Å². The molecule has 0 bridgehead atoms. The van der Waals surface area contributed by atoms with Crippen LogP contribution < -0.4 is 15.4 Å². The van der Waals surface area contributed by atoms with Crippen molar-refractivity contribution in [1.82, 2.24) is 25.4 Å². The third kappa shape index (κ3) is 6.72. The van der Waals surface area contributed by atoms with E-state index in [-0.39, 0.29) is 24.0 Å². The van der Waals surface area contributed by atoms with E-state index in [2.05, 4.69) is 69.9 Å². The summed E-state index contributed by atoms with van der Waals surface area (Å²) in [6, 6.07) is 14.4. The minimum absolute atomic E-state index is 0. The van der Waals surface area contributed by atoms with E-state index in [0.717, 1.165) is 34.9 Å². The highest BCUT2D eigenvalue weighted by atomic mass is 127. The van der Waals surface area contributed by atoms with Crippen molar-refractivity contribution in [3.63, 3.8) is 0 Å². The molecule has 0 radical (unpaired) electrons. The van der Waals surface area contributed by atoms with Gasteiger partial charge in [0.15, 0.2) is 5.96 Å². The van der Waals surface area contributed by atoms with Crippen molar-refractivity contribution in [1.29, 1.82) is 0 Å². The predicted molar refractivity (Wildman–Crippen MR) is 131 cm³/mol. The SMILES string of the molecule is CCCOc1cc(C)ccc1CNC(=NC)NCc1ccc(-n2cncn2)cc1.I. The number of hydrogen-bond acceptors (Lipinski definition) is 4. The van der Waals surface area contributed by atoms with Gasteiger partial charge in [0.05, 0.1) is 12.3 Å². The lowest BCUT2D eigenvalue weighted by Crippen LogP contribution is -2.36. The highest BCUT2D eigenvalue weighted by molar-refractivity contribution is 14.0. The lowest BCUT2D eigenvalue weighted by Gasteiger charge is -2.15. The molecule has 0 aliphatic rings. The molecule has 0 aliphatic heterocycles. The van der Waals surface area contributed by atoms with Gasteiger partial charge in [-0.25, -0.2) is 9.67 Å². The van der Waals surface area contributed by atoms with E-state index in [1.54, 1.807) is 18.1 Å². The molecule has 2 aromatic carbocycles. The molecule has 0 atom stereocenters. The minimum atomic E-state index is 0. The van der Waals surface area contributed by atoms with Gasteiger partial charge in [-0.15, -0.1) is 24.0 Å². The first kappa shape index (κ1) is 23.7. The third-order valence-electron chi connectivity index (χ3n) is 4.43. The second-order valence-electron chi connectivity index (χ2n) is 6.75. The van der Waals surface area contributed by atoms with Crippen molar-refractivity contribution >= 4 is 29.9 Å². The molecule has 0 spiro atoms. The van der Waals surface area contributed by atoms with Gasteiger partial charge in [0.2, 0.25) is 0 Å². The molecule has 160 valence electrons. The highest BCUT2D eigenvalue weighted by Gasteiger charge is 2.06. The molecule has 30 heavy (non-hydrogen) atoms. The van der Waals surface area contributed by atoms with Crippen molar-refractivity contribution in [3.05, 3.63) is 71.8 Å². The van der Waals surface area contributed by atoms with Crippen molar-refractivity contribution < 1.29 is 4.74 Å². The standard InChI is InChI=1S/C22H28N6O.HI/c1-4-11-29-21-12-17(2)5-8-19(21)14-26-22(23-3)25-13-18-6-9-20(10-7-18)28-16-24-15-27-28;/h5-10,12,15-16H,4,11,13-14H2,1-3H3,(H2,23,25,26);1H. The fraction of sp³-hybridized carbons (Fsp3) is 0.318. The summed E-state index contributed by atoms with van der Waals surface area (Å²) in [4.78, 5) is 8.29. The van der Waals surface area contributed by atoms with Crippen LogP contribution in [-0.4, -0.2) is 34.4 Å². The number of hydrogen-bond donors (Lipinski definition) is 2. The van der Waals surface area contributed by atoms with E-state index in [1.165, 1.54) is 11.9 Å². The van der Waals surface area contributed by atoms with E-state index in [9.17, 15) is 0 Å². The van der Waals surface area contributed by atoms with Crippen LogP contribution in [-0.2, 0) is 13.1 Å². The summed E-state index contributed by atoms with van der Waals surface area (Å²) in [5.41, 5.74) is 4.44. The van der Waals surface area contributed by atoms with Gasteiger partial charge >= 0.3 is 0 Å². The van der Waals surface area contributed by atoms with Crippen LogP contribution >= 0.6 is 24.0 Å². The summed E-state index contributed by atoms with van der Waals surface area (Å²) in [5, 5.41) is 10.8. The largest absolute Gasteiger partial charge is 0.493 e. The summed E-state index contributed by atoms with van der Waals surface area (Å²) in [5.74, 6) is 1.67. The third-order valence-corrected chi connectivity index (χ3v) is 4.43. The van der Waals surface area contributed by atoms with Gasteiger partial charge in [-0.05, 0) is 42.7 Å². The number of benzene rings is 2. The minimum Gasteiger partial charge on any atom is -0.493 e. The number of aromatic nitrogens is 3. The van der Waals surface area contributed by atoms with Crippen LogP contribution in [0.15, 0.2) is 60.1 Å². The molecule has 0 aliphatic carbocycles. The van der Waals surface area contributed by atoms with Crippen LogP contribution in [0.25, 0.3) is 5.69 Å². The van der Waals surface area contributed by atoms with Gasteiger partial charge in [-0.2, -0.15) is 5.10 Å². The molecule has 3 aromatic rings. The molecule has 3 rings (SSSR count). The summed E-state index contributed by atoms with van der Waals surface area (Å²) in [6.45, 7) is 6.21. The van der Waals surface area contributed by atoms with Crippen molar-refractivity contribution in [2.75, 3.05) is 13.7 Å². The average Bonchev–Trinajstić information content (AvgIpc) is 3.28. The Morgan fingerprint density at radius 3 is 2.53 bits per heavy atom. The summed E-state index contributed by atoms with van der Waals surface area (Å²) < 4.78 is 7.63. The van der Waals surface area contributed by atoms with Crippen molar-refractivity contribution in [3.8, 4) is 11.4 Å². The molecule has 8 heteroatoms. The lowest BCUT2D eigenvalue weighted by atomic mass is 10.1. The zero-order chi connectivity index (χ0) is 20.5. The Hall–Kier alpha value is -2.62. The maximum absolute atomic E-state index is 5.89. The molecular weight excluding hydrogens is 491 g/mol. The summed E-state index contributed by atoms with van der Waals surface area (Å²) in [6.07, 6.45) is 4.19. The number of nitrogens with zero attached hydrogens (tertiary/aromatic N) is 4. The molecule has 0 amide bonds. The van der Waals surface area contributed by atoms with E-state index < -0.39 is 0 Å². The molecule has 0 fully saturated rings. The smallest absolute Gasteiger partial charge is 0.191 e. The quantitative estimate of drug-likeness (QED) is 0.268. The molecule has 0 saturated carbocycles. The zero-order valence-electron chi connectivity index (χ0n) is 17.6. The van der Waals surface area contributed by atoms with Gasteiger partial charge < -0.3 is 15.4 Å². The molecule has 0 unspecified atom stereocenters. The Balaban J connectivity index is 0.00000320. The molecule has 1 heterocycles. The number of aliphatic imine (C=N–C) groups is 1. The average molecular weight is 520 g/mol. The highest BCUT2D eigenvalue weighted by Crippen LogP contribution is 2.20. The molecule has 7 nitrogen and oxygen atoms in total. The fourth-order valence-corrected chi connectivity index (χ4v) is 2.85. The Kier molecular flexibility index (Phi) is 9.59. The van der Waals surface area contributed by atoms with Crippen LogP contribution in [0.4, 0.5) is 0 Å². The first-order valence-electron chi connectivity index (χ1n) is 9.80. The van der Waals surface area contributed by atoms with Gasteiger partial charge in [0, 0.05) is 25.7 Å². The van der Waals surface area contributed by atoms with Crippen molar-refractivity contribution in [2.45, 2.75) is 33.4 Å². The topological polar surface area (TPSA) is 76.4 Å². The Morgan fingerprint density at radius 1 is 1.10 bits per heavy atom. The van der Waals surface area contributed by atoms with Crippen LogP contribution in [0.3, 0.4) is 0 Å². The first-order valence-corrected chi connectivity index (χ1v) is 9.80. The second kappa shape index (κ2) is 12.2. The Morgan fingerprint density at radius 2 is 1.87 bits per heavy atom. The van der Waals surface area contributed by atoms with Gasteiger partial charge in [-0.1, -0.05) is 31.2 Å². The number of ether oxygens (including phenoxy) is 1. The van der Waals surface area contributed by atoms with E-state index in [1.807, 2.05) is 12.1 Å². The normalized spacial score (nSPS) is 11.0. The number of halogens is 1. The lowest BCUT2D eigenvalue weighted by molar-refractivity contribution is 0.313. The van der Waals surface area contributed by atoms with Crippen LogP contribution in [0.1, 0.15) is 30.0 Å². The predicted octanol–water partition coefficient (Wildman–Crippen LogP) is 3.85. The van der Waals surface area contributed by atoms with E-state index in [0.29, 0.717) is 19.7 Å². The van der Waals surface area contributed by atoms with E-state index in [4.69, 9.17) is 4.74 Å². The summed E-state index contributed by atoms with van der Waals surface area (Å²) >= 11 is 0. The number of nitrogens with one attached hydrogen (secondary N) is 2. The number of aryl methyl sites for hydroxylation is 1. The van der Waals surface area contributed by atoms with Gasteiger partial charge in [0.1, 0.15) is 18.4 Å². The van der Waals surface area contributed by atoms with Gasteiger partial charge in [0.25, 0.3) is 0 Å². The second-order valence-corrected chi connectivity index (χ2v) is 6.75. The van der Waals surface area contributed by atoms with Crippen LogP contribution in [0.5, 0.6) is 5.75 Å². The van der Waals surface area contributed by atoms with E-state index >= 15 is 0 Å². The monoisotopic (exact) mass is 520 g/mol. The number of rotatable bonds is 8. The molecule has 1 aromatic heterocycles. The summed E-state index contributed by atoms with van der Waals surface area (Å²) in [7, 11) is 1.77. The van der Waals surface area contributed by atoms with Gasteiger partial charge in [-0.3, -0.25) is 4.99 Å². The maximum atomic E-state index is 5.89. The maximum Gasteiger partial charge on any atom is 0.191 e. The van der Waals surface area contributed by atoms with Crippen LogP contribution in [0.2, 0.25) is 0 Å². The zero-order valence-corrected chi connectivity index (χ0v) is 20.0. The molecule has 0 saturated heterocycles. The fourth-order valence-electron chi connectivity index (χ4n) is 2.85.